The van der Waals surface area contributed by atoms with Crippen molar-refractivity contribution in [1.82, 2.24) is 118 Å². The van der Waals surface area contributed by atoms with Crippen molar-refractivity contribution in [2.75, 3.05) is 32.3 Å². The number of rotatable bonds is 20. The standard InChI is InChI=1S/C20H18ClN5O.C19H16Cl2N6O.2C19H16ClFN6O.C19H18ClN7O/c1-11(25-19-14-7-8-22-18(14)23-10-24-19)16-9-12-3-2-4-15(21)17(12)20(27)26(16)13-5-6-13;1-9(24-17-15-16(23-8-22-15)25-19(21)26-17)13-7-10-3-2-4-12(20)14(10)18(28)27(13)11-5-6-11;1-9(24-16-15-17(23-8-22-16)26-19(21)25-15)13-7-10-3-2-4-12(20)14(10)18(28)27(13)11-5-6-11;2*1-9(24-17-15-16(23-8-22-15)25-19(21)26-17)13-7-10-3-2-4-12(20)14(10)18(28)27(13)11-5-6-11/h2-4,7-11,13H,5-6H2,1H3,(H2,22,23,24,25);3*2-4,7-9,11H,5-6H2,1H3,(H2,22,23,24,25,26);2-4,7-9,11H,5-6H2,1H3,(H4,21,22,23,24,25,26)/t11-;4*9-/m00000/s1. The van der Waals surface area contributed by atoms with Gasteiger partial charge in [0.25, 0.3) is 33.9 Å². The molecule has 0 bridgehead atoms. The van der Waals surface area contributed by atoms with E-state index < -0.39 is 12.2 Å². The molecule has 704 valence electrons. The van der Waals surface area contributed by atoms with Gasteiger partial charge in [0.15, 0.2) is 45.9 Å². The maximum absolute atomic E-state index is 13.8. The summed E-state index contributed by atoms with van der Waals surface area (Å²) in [6, 6.07) is 39.3. The molecule has 25 rings (SSSR count). The minimum atomic E-state index is -0.862. The molecule has 5 aromatic carbocycles. The van der Waals surface area contributed by atoms with Gasteiger partial charge in [0.05, 0.1) is 107 Å². The molecule has 0 aliphatic heterocycles. The molecule has 0 unspecified atom stereocenters. The van der Waals surface area contributed by atoms with Gasteiger partial charge in [-0.3, -0.25) is 24.0 Å². The molecule has 0 radical (unpaired) electrons. The molecule has 0 amide bonds. The summed E-state index contributed by atoms with van der Waals surface area (Å²) in [5.74, 6) is 2.70. The van der Waals surface area contributed by atoms with Crippen LogP contribution in [0.1, 0.15) is 188 Å². The van der Waals surface area contributed by atoms with E-state index in [0.717, 1.165) is 136 Å². The van der Waals surface area contributed by atoms with Crippen LogP contribution in [-0.4, -0.2) is 118 Å². The van der Waals surface area contributed by atoms with Crippen molar-refractivity contribution >= 4 is 214 Å². The van der Waals surface area contributed by atoms with Gasteiger partial charge in [0.1, 0.15) is 46.2 Å². The molecule has 0 saturated heterocycles. The van der Waals surface area contributed by atoms with E-state index in [2.05, 4.69) is 127 Å². The third-order valence-corrected chi connectivity index (χ3v) is 27.0. The molecule has 5 saturated carbocycles. The monoisotopic (exact) mass is 1980 g/mol. The SMILES string of the molecule is C[C@H](Nc1nc(Cl)nc2nc[nH]c12)c1cc2cccc(Cl)c2c(=O)n1C1CC1.C[C@H](Nc1nc(F)nc2nc[nH]c12)c1cc2cccc(Cl)c2c(=O)n1C1CC1.C[C@H](Nc1nc(N)nc2nc[nH]c12)c1cc2cccc(Cl)c2c(=O)n1C1CC1.C[C@H](Nc1ncnc2[nH]ccc12)c1cc2cccc(Cl)c2c(=O)n1C1CC1.C[C@H](Nc1ncnc2nc(F)[nH]c12)c1cc2cccc(Cl)c2c(=O)n1C1CC1. The summed E-state index contributed by atoms with van der Waals surface area (Å²) in [6.07, 6.45) is 17.4. The summed E-state index contributed by atoms with van der Waals surface area (Å²) in [6.45, 7) is 9.87. The van der Waals surface area contributed by atoms with Crippen molar-refractivity contribution in [1.29, 1.82) is 0 Å². The van der Waals surface area contributed by atoms with Crippen LogP contribution in [0, 0.1) is 12.2 Å². The zero-order valence-corrected chi connectivity index (χ0v) is 79.1. The van der Waals surface area contributed by atoms with Crippen molar-refractivity contribution in [3.63, 3.8) is 0 Å². The molecule has 43 heteroatoms. The Morgan fingerprint density at radius 3 is 1.04 bits per heavy atom. The van der Waals surface area contributed by atoms with E-state index in [1.165, 1.54) is 19.0 Å². The zero-order valence-electron chi connectivity index (χ0n) is 74.6. The van der Waals surface area contributed by atoms with Gasteiger partial charge in [0, 0.05) is 64.9 Å². The van der Waals surface area contributed by atoms with Crippen LogP contribution < -0.4 is 60.1 Å². The summed E-state index contributed by atoms with van der Waals surface area (Å²) in [5.41, 5.74) is 14.3. The second-order valence-corrected chi connectivity index (χ2v) is 37.4. The van der Waals surface area contributed by atoms with Gasteiger partial charge in [-0.25, -0.2) is 34.9 Å². The maximum atomic E-state index is 13.8. The van der Waals surface area contributed by atoms with Crippen LogP contribution in [0.4, 0.5) is 43.8 Å². The first-order chi connectivity index (χ1) is 67.2. The number of nitrogens with two attached hydrogens (primary N) is 1. The number of nitrogens with zero attached hydrogens (tertiary/aromatic N) is 19. The number of fused-ring (bicyclic) bond motifs is 10. The number of H-pyrrole nitrogens is 5. The van der Waals surface area contributed by atoms with Crippen LogP contribution in [0.25, 0.3) is 110 Å². The van der Waals surface area contributed by atoms with E-state index in [9.17, 15) is 32.8 Å². The quantitative estimate of drug-likeness (QED) is 0.0249. The Hall–Kier alpha value is -14.6. The highest BCUT2D eigenvalue weighted by molar-refractivity contribution is 6.37. The molecular formula is C96H84Cl6F2N30O5. The first kappa shape index (κ1) is 90.8. The molecule has 15 aromatic heterocycles. The molecule has 5 atom stereocenters. The Kier molecular flexibility index (Phi) is 24.2. The second kappa shape index (κ2) is 37.0. The maximum Gasteiger partial charge on any atom is 0.312 e. The van der Waals surface area contributed by atoms with Gasteiger partial charge in [-0.05, 0) is 204 Å². The van der Waals surface area contributed by atoms with E-state index in [-0.39, 0.29) is 111 Å². The molecular weight excluding hydrogens is 1900 g/mol. The lowest BCUT2D eigenvalue weighted by atomic mass is 10.1. The largest absolute Gasteiger partial charge is 0.368 e. The number of hydrogen-bond acceptors (Lipinski definition) is 25. The number of imidazole rings is 4. The molecule has 0 spiro atoms. The van der Waals surface area contributed by atoms with Crippen LogP contribution in [0.5, 0.6) is 0 Å². The minimum Gasteiger partial charge on any atom is -0.368 e. The Bertz CT molecular complexity index is 8160. The van der Waals surface area contributed by atoms with Gasteiger partial charge in [-0.15, -0.1) is 0 Å². The van der Waals surface area contributed by atoms with E-state index in [1.54, 1.807) is 47.6 Å². The van der Waals surface area contributed by atoms with E-state index >= 15 is 0 Å². The molecule has 35 nitrogen and oxygen atoms in total. The van der Waals surface area contributed by atoms with Crippen LogP contribution in [0.2, 0.25) is 30.4 Å². The fourth-order valence-electron chi connectivity index (χ4n) is 18.1. The number of anilines is 6. The van der Waals surface area contributed by atoms with Crippen LogP contribution in [-0.2, 0) is 0 Å². The lowest BCUT2D eigenvalue weighted by Gasteiger charge is -2.21. The van der Waals surface area contributed by atoms with Crippen LogP contribution in [0.15, 0.2) is 189 Å². The second-order valence-electron chi connectivity index (χ2n) is 35.1. The van der Waals surface area contributed by atoms with E-state index in [4.69, 9.17) is 75.3 Å². The normalized spacial score (nSPS) is 15.3. The Morgan fingerprint density at radius 1 is 0.345 bits per heavy atom. The average molecular weight is 1990 g/mol. The predicted octanol–water partition coefficient (Wildman–Crippen LogP) is 20.3. The Labute approximate surface area is 814 Å². The first-order valence-electron chi connectivity index (χ1n) is 45.1. The Morgan fingerprint density at radius 2 is 0.662 bits per heavy atom. The lowest BCUT2D eigenvalue weighted by molar-refractivity contribution is 0.543. The number of aromatic amines is 5. The first-order valence-corrected chi connectivity index (χ1v) is 47.4. The molecule has 5 aliphatic rings. The molecule has 5 aliphatic carbocycles. The lowest BCUT2D eigenvalue weighted by Crippen LogP contribution is -2.26. The van der Waals surface area contributed by atoms with Crippen molar-refractivity contribution in [3.8, 4) is 0 Å². The van der Waals surface area contributed by atoms with E-state index in [1.807, 2.05) is 150 Å². The number of hydrogen-bond donors (Lipinski definition) is 11. The molecule has 5 fully saturated rings. The fraction of sp³-hybridized carbons (Fsp3) is 0.260. The third-order valence-electron chi connectivity index (χ3n) is 25.3. The van der Waals surface area contributed by atoms with Crippen LogP contribution in [0.3, 0.4) is 0 Å². The molecule has 20 aromatic rings. The third kappa shape index (κ3) is 17.9. The summed E-state index contributed by atoms with van der Waals surface area (Å²) in [5, 5.41) is 26.9. The number of halogens is 8. The number of benzene rings is 5. The molecule has 12 N–H and O–H groups in total. The number of aromatic nitrogens is 24. The topological polar surface area (TPSA) is 456 Å². The number of nitrogens with one attached hydrogen (secondary N) is 10. The van der Waals surface area contributed by atoms with Gasteiger partial charge < -0.3 is 80.1 Å². The fourth-order valence-corrected chi connectivity index (χ4v) is 19.5. The summed E-state index contributed by atoms with van der Waals surface area (Å²) >= 11 is 37.6. The van der Waals surface area contributed by atoms with Crippen molar-refractivity contribution in [2.24, 2.45) is 0 Å². The number of pyridine rings is 5. The van der Waals surface area contributed by atoms with Crippen LogP contribution >= 0.6 is 69.6 Å². The summed E-state index contributed by atoms with van der Waals surface area (Å²) < 4.78 is 36.5. The smallest absolute Gasteiger partial charge is 0.312 e. The number of nitrogen functional groups attached to an aromatic ring is 1. The highest BCUT2D eigenvalue weighted by atomic mass is 35.5. The van der Waals surface area contributed by atoms with Crippen molar-refractivity contribution < 1.29 is 8.78 Å². The van der Waals surface area contributed by atoms with E-state index in [0.29, 0.717) is 109 Å². The minimum absolute atomic E-state index is 0.0151. The van der Waals surface area contributed by atoms with Gasteiger partial charge >= 0.3 is 6.08 Å². The highest BCUT2D eigenvalue weighted by Gasteiger charge is 2.37. The average Bonchev–Trinajstić information content (AvgIpc) is 1.67. The van der Waals surface area contributed by atoms with Gasteiger partial charge in [0.2, 0.25) is 11.2 Å². The molecule has 15 heterocycles. The van der Waals surface area contributed by atoms with Gasteiger partial charge in [-0.1, -0.05) is 119 Å². The predicted molar refractivity (Wildman–Crippen MR) is 538 cm³/mol. The van der Waals surface area contributed by atoms with Crippen molar-refractivity contribution in [2.45, 2.75) is 159 Å². The highest BCUT2D eigenvalue weighted by Crippen LogP contribution is 2.45. The summed E-state index contributed by atoms with van der Waals surface area (Å²) in [7, 11) is 0. The molecule has 139 heavy (non-hydrogen) atoms. The zero-order chi connectivity index (χ0) is 96.2. The summed E-state index contributed by atoms with van der Waals surface area (Å²) in [4.78, 5) is 138. The Balaban J connectivity index is 0.000000103. The van der Waals surface area contributed by atoms with Crippen molar-refractivity contribution in [3.05, 3.63) is 288 Å². The van der Waals surface area contributed by atoms with Gasteiger partial charge in [-0.2, -0.15) is 43.7 Å².